The van der Waals surface area contributed by atoms with Crippen LogP contribution >= 0.6 is 11.6 Å². The van der Waals surface area contributed by atoms with Gasteiger partial charge in [-0.3, -0.25) is 0 Å². The van der Waals surface area contributed by atoms with Crippen LogP contribution in [0.5, 0.6) is 5.88 Å². The third kappa shape index (κ3) is 4.14. The zero-order valence-corrected chi connectivity index (χ0v) is 15.5. The van der Waals surface area contributed by atoms with Crippen molar-refractivity contribution in [3.63, 3.8) is 0 Å². The predicted molar refractivity (Wildman–Crippen MR) is 107 cm³/mol. The van der Waals surface area contributed by atoms with Crippen LogP contribution in [-0.4, -0.2) is 35.1 Å². The number of nitrogens with zero attached hydrogens (tertiary/aromatic N) is 2. The molecule has 1 N–H and O–H groups in total. The number of carbonyl (C=O) groups is 1. The summed E-state index contributed by atoms with van der Waals surface area (Å²) in [6, 6.07) is 17.0. The first kappa shape index (κ1) is 17.6. The average Bonchev–Trinajstić information content (AvgIpc) is 2.70. The van der Waals surface area contributed by atoms with Crippen LogP contribution in [0.2, 0.25) is 5.02 Å². The summed E-state index contributed by atoms with van der Waals surface area (Å²) in [6.07, 6.45) is 3.38. The standard InChI is InChI=1S/C21H20ClN3O2/c22-16-5-7-17(8-6-16)24-21(26)25-13-10-18(11-14-25)27-20-19-4-2-1-3-15(19)9-12-23-20/h1-9,12,18H,10-11,13-14H2,(H,24,26). The fourth-order valence-corrected chi connectivity index (χ4v) is 3.38. The number of nitrogens with one attached hydrogen (secondary N) is 1. The zero-order chi connectivity index (χ0) is 18.6. The number of aromatic nitrogens is 1. The number of benzene rings is 2. The van der Waals surface area contributed by atoms with Crippen molar-refractivity contribution >= 4 is 34.1 Å². The number of halogens is 1. The normalized spacial score (nSPS) is 14.9. The lowest BCUT2D eigenvalue weighted by molar-refractivity contribution is 0.113. The number of anilines is 1. The van der Waals surface area contributed by atoms with Crippen LogP contribution in [0.3, 0.4) is 0 Å². The molecular formula is C21H20ClN3O2. The first-order valence-corrected chi connectivity index (χ1v) is 9.39. The van der Waals surface area contributed by atoms with Crippen molar-refractivity contribution in [3.05, 3.63) is 65.8 Å². The summed E-state index contributed by atoms with van der Waals surface area (Å²) in [6.45, 7) is 1.30. The third-order valence-electron chi connectivity index (χ3n) is 4.74. The zero-order valence-electron chi connectivity index (χ0n) is 14.8. The maximum atomic E-state index is 12.4. The Morgan fingerprint density at radius 2 is 1.81 bits per heavy atom. The predicted octanol–water partition coefficient (Wildman–Crippen LogP) is 4.96. The van der Waals surface area contributed by atoms with Crippen LogP contribution < -0.4 is 10.1 Å². The third-order valence-corrected chi connectivity index (χ3v) is 4.99. The Labute approximate surface area is 162 Å². The minimum absolute atomic E-state index is 0.0582. The van der Waals surface area contributed by atoms with Crippen molar-refractivity contribution in [2.75, 3.05) is 18.4 Å². The van der Waals surface area contributed by atoms with Crippen molar-refractivity contribution in [3.8, 4) is 5.88 Å². The molecule has 1 aromatic heterocycles. The number of hydrogen-bond acceptors (Lipinski definition) is 3. The van der Waals surface area contributed by atoms with E-state index in [0.29, 0.717) is 24.0 Å². The lowest BCUT2D eigenvalue weighted by Crippen LogP contribution is -2.43. The number of likely N-dealkylation sites (tertiary alicyclic amines) is 1. The van der Waals surface area contributed by atoms with E-state index < -0.39 is 0 Å². The molecule has 27 heavy (non-hydrogen) atoms. The van der Waals surface area contributed by atoms with Crippen molar-refractivity contribution < 1.29 is 9.53 Å². The van der Waals surface area contributed by atoms with Crippen LogP contribution in [-0.2, 0) is 0 Å². The van der Waals surface area contributed by atoms with Crippen LogP contribution in [0, 0.1) is 0 Å². The number of hydrogen-bond donors (Lipinski definition) is 1. The fourth-order valence-electron chi connectivity index (χ4n) is 3.26. The molecule has 0 bridgehead atoms. The Bertz CT molecular complexity index is 932. The van der Waals surface area contributed by atoms with Gasteiger partial charge in [0, 0.05) is 48.2 Å². The second kappa shape index (κ2) is 7.84. The van der Waals surface area contributed by atoms with Crippen molar-refractivity contribution in [1.29, 1.82) is 0 Å². The van der Waals surface area contributed by atoms with Crippen molar-refractivity contribution in [2.24, 2.45) is 0 Å². The van der Waals surface area contributed by atoms with E-state index in [9.17, 15) is 4.79 Å². The Morgan fingerprint density at radius 1 is 1.07 bits per heavy atom. The summed E-state index contributed by atoms with van der Waals surface area (Å²) in [5.74, 6) is 0.664. The molecular weight excluding hydrogens is 362 g/mol. The first-order chi connectivity index (χ1) is 13.2. The molecule has 0 atom stereocenters. The van der Waals surface area contributed by atoms with E-state index in [0.717, 1.165) is 29.3 Å². The first-order valence-electron chi connectivity index (χ1n) is 9.01. The molecule has 1 saturated heterocycles. The highest BCUT2D eigenvalue weighted by atomic mass is 35.5. The number of urea groups is 1. The molecule has 5 nitrogen and oxygen atoms in total. The summed E-state index contributed by atoms with van der Waals surface area (Å²) in [7, 11) is 0. The smallest absolute Gasteiger partial charge is 0.321 e. The van der Waals surface area contributed by atoms with E-state index in [2.05, 4.69) is 10.3 Å². The maximum absolute atomic E-state index is 12.4. The van der Waals surface area contributed by atoms with E-state index in [1.54, 1.807) is 30.5 Å². The average molecular weight is 382 g/mol. The molecule has 0 saturated carbocycles. The molecule has 1 fully saturated rings. The second-order valence-corrected chi connectivity index (χ2v) is 7.01. The van der Waals surface area contributed by atoms with Crippen LogP contribution in [0.4, 0.5) is 10.5 Å². The van der Waals surface area contributed by atoms with Gasteiger partial charge in [0.25, 0.3) is 0 Å². The highest BCUT2D eigenvalue weighted by Crippen LogP contribution is 2.26. The maximum Gasteiger partial charge on any atom is 0.321 e. The second-order valence-electron chi connectivity index (χ2n) is 6.58. The van der Waals surface area contributed by atoms with Crippen molar-refractivity contribution in [2.45, 2.75) is 18.9 Å². The molecule has 3 aromatic rings. The van der Waals surface area contributed by atoms with Gasteiger partial charge in [-0.1, -0.05) is 29.8 Å². The number of ether oxygens (including phenoxy) is 1. The summed E-state index contributed by atoms with van der Waals surface area (Å²) in [5, 5.41) is 5.68. The van der Waals surface area contributed by atoms with Gasteiger partial charge >= 0.3 is 6.03 Å². The summed E-state index contributed by atoms with van der Waals surface area (Å²) in [5.41, 5.74) is 0.739. The van der Waals surface area contributed by atoms with Gasteiger partial charge in [0.2, 0.25) is 5.88 Å². The molecule has 0 spiro atoms. The summed E-state index contributed by atoms with van der Waals surface area (Å²) >= 11 is 5.87. The summed E-state index contributed by atoms with van der Waals surface area (Å²) in [4.78, 5) is 18.6. The van der Waals surface area contributed by atoms with E-state index in [1.807, 2.05) is 35.2 Å². The Morgan fingerprint density at radius 3 is 2.59 bits per heavy atom. The number of pyridine rings is 1. The van der Waals surface area contributed by atoms with Crippen LogP contribution in [0.25, 0.3) is 10.8 Å². The van der Waals surface area contributed by atoms with E-state index in [-0.39, 0.29) is 12.1 Å². The highest BCUT2D eigenvalue weighted by molar-refractivity contribution is 6.30. The molecule has 138 valence electrons. The number of amides is 2. The SMILES string of the molecule is O=C(Nc1ccc(Cl)cc1)N1CCC(Oc2nccc3ccccc23)CC1. The lowest BCUT2D eigenvalue weighted by atomic mass is 10.1. The molecule has 6 heteroatoms. The van der Waals surface area contributed by atoms with Gasteiger partial charge in [-0.05, 0) is 41.8 Å². The molecule has 2 amide bonds. The number of rotatable bonds is 3. The van der Waals surface area contributed by atoms with Gasteiger partial charge in [0.1, 0.15) is 6.10 Å². The number of piperidine rings is 1. The Kier molecular flexibility index (Phi) is 5.12. The molecule has 4 rings (SSSR count). The van der Waals surface area contributed by atoms with E-state index in [1.165, 1.54) is 0 Å². The molecule has 0 unspecified atom stereocenters. The largest absolute Gasteiger partial charge is 0.474 e. The highest BCUT2D eigenvalue weighted by Gasteiger charge is 2.24. The molecule has 0 aliphatic carbocycles. The summed E-state index contributed by atoms with van der Waals surface area (Å²) < 4.78 is 6.14. The van der Waals surface area contributed by atoms with E-state index in [4.69, 9.17) is 16.3 Å². The molecule has 0 radical (unpaired) electrons. The lowest BCUT2D eigenvalue weighted by Gasteiger charge is -2.32. The quantitative estimate of drug-likeness (QED) is 0.697. The fraction of sp³-hybridized carbons (Fsp3) is 0.238. The van der Waals surface area contributed by atoms with Gasteiger partial charge in [-0.25, -0.2) is 9.78 Å². The topological polar surface area (TPSA) is 54.5 Å². The van der Waals surface area contributed by atoms with Gasteiger partial charge < -0.3 is 15.0 Å². The van der Waals surface area contributed by atoms with Gasteiger partial charge in [0.05, 0.1) is 0 Å². The van der Waals surface area contributed by atoms with Crippen LogP contribution in [0.15, 0.2) is 60.8 Å². The Balaban J connectivity index is 1.34. The minimum atomic E-state index is -0.0981. The minimum Gasteiger partial charge on any atom is -0.474 e. The van der Waals surface area contributed by atoms with E-state index >= 15 is 0 Å². The molecule has 2 aromatic carbocycles. The van der Waals surface area contributed by atoms with Gasteiger partial charge in [0.15, 0.2) is 0 Å². The molecule has 1 aliphatic heterocycles. The molecule has 1 aliphatic rings. The molecule has 2 heterocycles. The Hall–Kier alpha value is -2.79. The number of carbonyl (C=O) groups excluding carboxylic acids is 1. The van der Waals surface area contributed by atoms with Crippen molar-refractivity contribution in [1.82, 2.24) is 9.88 Å². The van der Waals surface area contributed by atoms with Gasteiger partial charge in [-0.2, -0.15) is 0 Å². The number of fused-ring (bicyclic) bond motifs is 1. The van der Waals surface area contributed by atoms with Gasteiger partial charge in [-0.15, -0.1) is 0 Å². The van der Waals surface area contributed by atoms with Crippen LogP contribution in [0.1, 0.15) is 12.8 Å². The monoisotopic (exact) mass is 381 g/mol.